The normalized spacial score (nSPS) is 27.5. The molecule has 3 fully saturated rings. The fourth-order valence-corrected chi connectivity index (χ4v) is 21.0. The largest absolute Gasteiger partial charge is 0.508 e. The summed E-state index contributed by atoms with van der Waals surface area (Å²) in [5, 5.41) is 129. The van der Waals surface area contributed by atoms with Gasteiger partial charge in [-0.2, -0.15) is 0 Å². The maximum absolute atomic E-state index is 16.8. The number of esters is 1. The van der Waals surface area contributed by atoms with Gasteiger partial charge in [0.15, 0.2) is 48.2 Å². The van der Waals surface area contributed by atoms with E-state index in [1.807, 2.05) is 36.4 Å². The number of ether oxygens (including phenoxy) is 9. The zero-order chi connectivity index (χ0) is 105. The van der Waals surface area contributed by atoms with Crippen molar-refractivity contribution in [2.24, 2.45) is 17.4 Å². The lowest BCUT2D eigenvalue weighted by Gasteiger charge is -2.48. The van der Waals surface area contributed by atoms with Crippen molar-refractivity contribution in [1.82, 2.24) is 42.5 Å². The SMILES string of the molecule is CNC(CC(C)C)C(=O)NC1C(=O)NC(CC(N)=O)C(=O)NC2C(=O)NC3C(=O)NC(C(=O)NC(C(=O)OCC(=O)Nc4ccc(CC(P(=O)(O)O)P(=O)(O)O)cc4)c4cc(O)cc(O)c4-c4cc3ccc4O)C(OC3CC(C)(N)C(O)C(C)O3)c3ccc(c(Cl)c3)Oc3cc2cc(c3OC2OC(CO)C(O)C(O)C2OC2CC(C)(NCc3ccc(-c4ccc(Cl)cc4)cc3)C(O)C(C)O2)Oc2ccc(cc2Cl)C1O. The van der Waals surface area contributed by atoms with Crippen LogP contribution in [-0.4, -0.2) is 247 Å². The van der Waals surface area contributed by atoms with Crippen LogP contribution in [0.1, 0.15) is 137 Å². The van der Waals surface area contributed by atoms with E-state index < -0.39 is 323 Å². The van der Waals surface area contributed by atoms with Crippen molar-refractivity contribution < 1.29 is 160 Å². The van der Waals surface area contributed by atoms with E-state index in [4.69, 9.17) is 88.9 Å². The number of aromatic hydroxyl groups is 3. The molecule has 16 rings (SSSR count). The predicted octanol–water partition coefficient (Wildman–Crippen LogP) is 4.82. The van der Waals surface area contributed by atoms with E-state index in [9.17, 15) is 89.0 Å². The van der Waals surface area contributed by atoms with Gasteiger partial charge in [-0.1, -0.05) is 115 Å². The molecule has 8 aliphatic heterocycles. The number of aliphatic hydroxyl groups is 6. The number of phenolic OH excluding ortho intramolecular Hbond substituents is 3. The van der Waals surface area contributed by atoms with Crippen molar-refractivity contribution in [1.29, 1.82) is 0 Å². The number of likely N-dealkylation sites (N-methyl/N-ethyl adjacent to an activating group) is 1. The highest BCUT2D eigenvalue weighted by molar-refractivity contribution is 7.70. The molecule has 11 bridgehead atoms. The molecule has 0 saturated carbocycles. The second-order valence-electron chi connectivity index (χ2n) is 37.1. The third-order valence-corrected chi connectivity index (χ3v) is 30.3. The van der Waals surface area contributed by atoms with Gasteiger partial charge in [0, 0.05) is 63.9 Å². The Balaban J connectivity index is 0.942. The number of hydrogen-bond donors (Lipinski definition) is 24. The van der Waals surface area contributed by atoms with Crippen LogP contribution in [0.5, 0.6) is 46.0 Å². The van der Waals surface area contributed by atoms with E-state index in [0.29, 0.717) is 5.02 Å². The molecule has 0 aliphatic carbocycles. The number of fused-ring (bicyclic) bond motifs is 15. The van der Waals surface area contributed by atoms with Gasteiger partial charge in [-0.3, -0.25) is 47.5 Å². The van der Waals surface area contributed by atoms with Gasteiger partial charge in [0.25, 0.3) is 5.91 Å². The van der Waals surface area contributed by atoms with Gasteiger partial charge < -0.3 is 167 Å². The number of benzene rings is 8. The van der Waals surface area contributed by atoms with Crippen molar-refractivity contribution in [3.05, 3.63) is 206 Å². The second kappa shape index (κ2) is 45.0. The van der Waals surface area contributed by atoms with Gasteiger partial charge >= 0.3 is 21.2 Å². The topological polar surface area (TPSA) is 694 Å². The molecule has 145 heavy (non-hydrogen) atoms. The average molecular weight is 2110 g/mol. The fourth-order valence-electron chi connectivity index (χ4n) is 17.9. The third-order valence-electron chi connectivity index (χ3n) is 25.7. The maximum Gasteiger partial charge on any atom is 0.341 e. The van der Waals surface area contributed by atoms with E-state index in [1.54, 1.807) is 39.8 Å². The summed E-state index contributed by atoms with van der Waals surface area (Å²) < 4.78 is 83.1. The van der Waals surface area contributed by atoms with Crippen molar-refractivity contribution in [3.63, 3.8) is 0 Å². The lowest BCUT2D eigenvalue weighted by molar-refractivity contribution is -0.334. The van der Waals surface area contributed by atoms with Crippen molar-refractivity contribution in [2.75, 3.05) is 25.6 Å². The summed E-state index contributed by atoms with van der Waals surface area (Å²) in [7, 11) is -9.34. The Kier molecular flexibility index (Phi) is 33.9. The highest BCUT2D eigenvalue weighted by Gasteiger charge is 2.54. The number of hydrogen-bond acceptors (Lipinski definition) is 32. The van der Waals surface area contributed by atoms with Crippen LogP contribution in [0.15, 0.2) is 152 Å². The van der Waals surface area contributed by atoms with Crippen LogP contribution in [0.2, 0.25) is 15.1 Å². The molecule has 44 nitrogen and oxygen atoms in total. The first-order valence-electron chi connectivity index (χ1n) is 45.7. The van der Waals surface area contributed by atoms with E-state index >= 15 is 28.8 Å². The van der Waals surface area contributed by atoms with E-state index in [0.717, 1.165) is 89.5 Å². The van der Waals surface area contributed by atoms with E-state index in [1.165, 1.54) is 51.2 Å². The van der Waals surface area contributed by atoms with Gasteiger partial charge in [0.2, 0.25) is 53.4 Å². The Labute approximate surface area is 843 Å². The quantitative estimate of drug-likeness (QED) is 0.0255. The zero-order valence-electron chi connectivity index (χ0n) is 78.5. The van der Waals surface area contributed by atoms with Gasteiger partial charge in [0.1, 0.15) is 89.5 Å². The van der Waals surface area contributed by atoms with Crippen molar-refractivity contribution >= 4 is 109 Å². The highest BCUT2D eigenvalue weighted by atomic mass is 35.5. The predicted molar refractivity (Wildman–Crippen MR) is 515 cm³/mol. The Morgan fingerprint density at radius 1 is 0.614 bits per heavy atom. The van der Waals surface area contributed by atoms with Crippen LogP contribution >= 0.6 is 50.0 Å². The molecule has 0 spiro atoms. The third kappa shape index (κ3) is 25.3. The minimum atomic E-state index is -5.40. The molecule has 8 aliphatic rings. The average Bonchev–Trinajstić information content (AvgIpc) is 0.767. The molecule has 3 saturated heterocycles. The fraction of sp³-hybridized carbons (Fsp3) is 0.406. The number of anilines is 1. The van der Waals surface area contributed by atoms with Crippen LogP contribution < -0.4 is 73.5 Å². The van der Waals surface area contributed by atoms with Crippen LogP contribution in [0.25, 0.3) is 22.3 Å². The van der Waals surface area contributed by atoms with E-state index in [-0.39, 0.29) is 47.7 Å². The molecule has 49 heteroatoms. The standard InChI is InChI=1S/C96H110Cl3N11O33P2/c1-41(2)26-59(102-7)87(122)109-77-79(117)49-17-24-63(57(98)29-49)138-65-31-51-32-66(83(65)143-94-84(81(119)80(118)67(39-111)140-94)142-71-37-96(6,86(121)43(4)137-71)103-38-45-8-12-46(13-9-45)47-14-19-52(97)20-15-47)139-64-25-18-50(30-58(64)99)82(141-70-36-95(5,101)85(120)42(3)136-70)78-92(127)108-76(93(128)135-40-69(116)104-53-21-10-44(11-22-53)27-72(144(129,130)131)145(132,133)134)56-33-54(112)34-62(114)73(56)55-28-48(16-23-61(55)113)74(89(124)110-78)107-90(125)75(51)106-88(123)60(35-68(100)115)105-91(77)126/h8-25,28-34,41-43,59-60,67,70-72,74-82,84-86,94,102-103,111-114,117-121H,26-27,35-40,101H2,1-7H3,(H2,100,115)(H,104,116)(H,105,126)(H,106,123)(H,107,125)(H,108,127)(H,109,122)(H,110,124)(H2,129,130,131)(H2,132,133,134). The molecular weight excluding hydrogens is 2000 g/mol. The summed E-state index contributed by atoms with van der Waals surface area (Å²) in [6, 6.07) is 17.9. The Bertz CT molecular complexity index is 6290. The number of nitrogens with one attached hydrogen (secondary N) is 9. The molecular formula is C96H110Cl3N11O33P2. The molecule has 8 heterocycles. The Hall–Kier alpha value is -11.6. The number of rotatable bonds is 26. The molecule has 22 atom stereocenters. The Morgan fingerprint density at radius 2 is 1.19 bits per heavy atom. The van der Waals surface area contributed by atoms with Crippen LogP contribution in [0.3, 0.4) is 0 Å². The van der Waals surface area contributed by atoms with Crippen molar-refractivity contribution in [2.45, 2.75) is 219 Å². The first-order chi connectivity index (χ1) is 68.3. The van der Waals surface area contributed by atoms with Crippen LogP contribution in [0.4, 0.5) is 5.69 Å². The minimum absolute atomic E-state index is 0.0118. The first-order valence-corrected chi connectivity index (χ1v) is 50.2. The Morgan fingerprint density at radius 3 is 1.79 bits per heavy atom. The molecule has 8 aromatic rings. The summed E-state index contributed by atoms with van der Waals surface area (Å²) in [6.07, 6.45) is -24.8. The van der Waals surface area contributed by atoms with Crippen molar-refractivity contribution in [3.8, 4) is 68.2 Å². The number of nitrogens with two attached hydrogens (primary N) is 2. The number of carbonyl (C=O) groups excluding carboxylic acids is 9. The number of phenols is 3. The van der Waals surface area contributed by atoms with Crippen LogP contribution in [0, 0.1) is 5.92 Å². The summed E-state index contributed by atoms with van der Waals surface area (Å²) in [6.45, 7) is 7.56. The summed E-state index contributed by atoms with van der Waals surface area (Å²) in [5.74, 6) is -18.1. The molecule has 0 radical (unpaired) electrons. The smallest absolute Gasteiger partial charge is 0.341 e. The van der Waals surface area contributed by atoms with Gasteiger partial charge in [0.05, 0.1) is 53.5 Å². The number of primary amides is 1. The first kappa shape index (κ1) is 109. The van der Waals surface area contributed by atoms with Crippen LogP contribution in [-0.2, 0) is 93.7 Å². The minimum Gasteiger partial charge on any atom is -0.508 e. The maximum atomic E-state index is 16.8. The van der Waals surface area contributed by atoms with Gasteiger partial charge in [-0.25, -0.2) is 4.79 Å². The van der Waals surface area contributed by atoms with E-state index in [2.05, 4.69) is 47.9 Å². The number of carbonyl (C=O) groups is 9. The molecule has 22 unspecified atom stereocenters. The second-order valence-corrected chi connectivity index (χ2v) is 42.4. The molecule has 0 aromatic heterocycles. The summed E-state index contributed by atoms with van der Waals surface area (Å²) >= 11 is 21.0. The van der Waals surface area contributed by atoms with Gasteiger partial charge in [-0.15, -0.1) is 0 Å². The van der Waals surface area contributed by atoms with Gasteiger partial charge in [-0.05, 0) is 177 Å². The lowest BCUT2D eigenvalue weighted by atomic mass is 9.84. The molecule has 8 aromatic carbocycles. The number of amides is 8. The molecule has 26 N–H and O–H groups in total. The summed E-state index contributed by atoms with van der Waals surface area (Å²) in [4.78, 5) is 177. The number of aliphatic hydroxyl groups excluding tert-OH is 6. The molecule has 8 amide bonds. The summed E-state index contributed by atoms with van der Waals surface area (Å²) in [5.41, 5.74) is 8.85. The molecule has 778 valence electrons. The monoisotopic (exact) mass is 2110 g/mol. The zero-order valence-corrected chi connectivity index (χ0v) is 82.5. The highest BCUT2D eigenvalue weighted by Crippen LogP contribution is 2.61. The number of halogens is 3. The lowest BCUT2D eigenvalue weighted by Crippen LogP contribution is -2.65.